The molecule has 0 aromatic heterocycles. The Kier molecular flexibility index (Phi) is 4.83. The van der Waals surface area contributed by atoms with Crippen molar-refractivity contribution in [2.24, 2.45) is 0 Å². The SMILES string of the molecule is CCC(C)(O)CNCc1ccc(N2CCCC2)cc1. The van der Waals surface area contributed by atoms with E-state index in [2.05, 4.69) is 34.5 Å². The summed E-state index contributed by atoms with van der Waals surface area (Å²) < 4.78 is 0. The summed E-state index contributed by atoms with van der Waals surface area (Å²) >= 11 is 0. The average molecular weight is 262 g/mol. The Hall–Kier alpha value is -1.06. The Bertz CT molecular complexity index is 380. The topological polar surface area (TPSA) is 35.5 Å². The minimum absolute atomic E-state index is 0.602. The van der Waals surface area contributed by atoms with Crippen molar-refractivity contribution in [3.8, 4) is 0 Å². The van der Waals surface area contributed by atoms with Gasteiger partial charge in [-0.2, -0.15) is 0 Å². The van der Waals surface area contributed by atoms with Gasteiger partial charge in [0.05, 0.1) is 5.60 Å². The van der Waals surface area contributed by atoms with Crippen molar-refractivity contribution in [1.82, 2.24) is 5.32 Å². The first-order valence-corrected chi connectivity index (χ1v) is 7.38. The molecule has 0 amide bonds. The van der Waals surface area contributed by atoms with E-state index in [4.69, 9.17) is 0 Å². The van der Waals surface area contributed by atoms with Crippen LogP contribution in [0.25, 0.3) is 0 Å². The van der Waals surface area contributed by atoms with Crippen LogP contribution >= 0.6 is 0 Å². The highest BCUT2D eigenvalue weighted by Crippen LogP contribution is 2.20. The molecular formula is C16H26N2O. The van der Waals surface area contributed by atoms with Gasteiger partial charge in [0.1, 0.15) is 0 Å². The molecule has 0 bridgehead atoms. The van der Waals surface area contributed by atoms with Gasteiger partial charge >= 0.3 is 0 Å². The summed E-state index contributed by atoms with van der Waals surface area (Å²) in [6.45, 7) is 7.71. The second-order valence-electron chi connectivity index (χ2n) is 5.81. The number of anilines is 1. The lowest BCUT2D eigenvalue weighted by Gasteiger charge is -2.22. The van der Waals surface area contributed by atoms with Crippen molar-refractivity contribution in [3.05, 3.63) is 29.8 Å². The Morgan fingerprint density at radius 2 is 1.84 bits per heavy atom. The molecular weight excluding hydrogens is 236 g/mol. The predicted octanol–water partition coefficient (Wildman–Crippen LogP) is 2.54. The fourth-order valence-corrected chi connectivity index (χ4v) is 2.40. The number of rotatable bonds is 6. The molecule has 3 nitrogen and oxygen atoms in total. The lowest BCUT2D eigenvalue weighted by Crippen LogP contribution is -2.36. The maximum absolute atomic E-state index is 9.92. The molecule has 1 aromatic carbocycles. The molecule has 1 aromatic rings. The highest BCUT2D eigenvalue weighted by Gasteiger charge is 2.16. The van der Waals surface area contributed by atoms with Gasteiger partial charge in [-0.3, -0.25) is 0 Å². The van der Waals surface area contributed by atoms with Crippen molar-refractivity contribution in [3.63, 3.8) is 0 Å². The first kappa shape index (κ1) is 14.4. The summed E-state index contributed by atoms with van der Waals surface area (Å²) in [5.41, 5.74) is 2.01. The first-order valence-electron chi connectivity index (χ1n) is 7.38. The Labute approximate surface area is 116 Å². The number of benzene rings is 1. The molecule has 1 atom stereocenters. The molecule has 2 N–H and O–H groups in total. The van der Waals surface area contributed by atoms with E-state index in [0.717, 1.165) is 13.0 Å². The van der Waals surface area contributed by atoms with Crippen LogP contribution in [0, 0.1) is 0 Å². The fraction of sp³-hybridized carbons (Fsp3) is 0.625. The molecule has 2 rings (SSSR count). The zero-order chi connectivity index (χ0) is 13.7. The Morgan fingerprint density at radius 3 is 2.42 bits per heavy atom. The first-order chi connectivity index (χ1) is 9.11. The molecule has 0 aliphatic carbocycles. The van der Waals surface area contributed by atoms with E-state index in [0.29, 0.717) is 6.54 Å². The lowest BCUT2D eigenvalue weighted by atomic mass is 10.0. The molecule has 106 valence electrons. The van der Waals surface area contributed by atoms with Gasteiger partial charge in [0.15, 0.2) is 0 Å². The number of hydrogen-bond donors (Lipinski definition) is 2. The summed E-state index contributed by atoms with van der Waals surface area (Å²) in [4.78, 5) is 2.44. The average Bonchev–Trinajstić information content (AvgIpc) is 2.93. The lowest BCUT2D eigenvalue weighted by molar-refractivity contribution is 0.0555. The molecule has 3 heteroatoms. The van der Waals surface area contributed by atoms with Crippen LogP contribution in [0.4, 0.5) is 5.69 Å². The van der Waals surface area contributed by atoms with Crippen LogP contribution in [-0.2, 0) is 6.54 Å². The minimum atomic E-state index is -0.602. The maximum Gasteiger partial charge on any atom is 0.0741 e. The highest BCUT2D eigenvalue weighted by molar-refractivity contribution is 5.48. The van der Waals surface area contributed by atoms with Crippen LogP contribution in [0.5, 0.6) is 0 Å². The van der Waals surface area contributed by atoms with E-state index in [1.54, 1.807) is 0 Å². The van der Waals surface area contributed by atoms with Gasteiger partial charge in [0.25, 0.3) is 0 Å². The largest absolute Gasteiger partial charge is 0.389 e. The van der Waals surface area contributed by atoms with E-state index in [1.807, 2.05) is 13.8 Å². The molecule has 1 unspecified atom stereocenters. The van der Waals surface area contributed by atoms with Crippen molar-refractivity contribution in [1.29, 1.82) is 0 Å². The quantitative estimate of drug-likeness (QED) is 0.827. The van der Waals surface area contributed by atoms with Gasteiger partial charge in [-0.1, -0.05) is 19.1 Å². The number of nitrogens with one attached hydrogen (secondary N) is 1. The molecule has 0 spiro atoms. The van der Waals surface area contributed by atoms with E-state index in [-0.39, 0.29) is 0 Å². The second-order valence-corrected chi connectivity index (χ2v) is 5.81. The van der Waals surface area contributed by atoms with Gasteiger partial charge in [0.2, 0.25) is 0 Å². The van der Waals surface area contributed by atoms with Crippen LogP contribution in [0.2, 0.25) is 0 Å². The van der Waals surface area contributed by atoms with E-state index in [9.17, 15) is 5.11 Å². The van der Waals surface area contributed by atoms with Crippen LogP contribution in [0.1, 0.15) is 38.7 Å². The number of nitrogens with zero attached hydrogens (tertiary/aromatic N) is 1. The van der Waals surface area contributed by atoms with E-state index >= 15 is 0 Å². The van der Waals surface area contributed by atoms with Gasteiger partial charge in [-0.15, -0.1) is 0 Å². The van der Waals surface area contributed by atoms with Crippen LogP contribution in [0.3, 0.4) is 0 Å². The molecule has 1 aliphatic heterocycles. The van der Waals surface area contributed by atoms with Crippen LogP contribution < -0.4 is 10.2 Å². The third-order valence-electron chi connectivity index (χ3n) is 4.00. The summed E-state index contributed by atoms with van der Waals surface area (Å²) in [5.74, 6) is 0. The number of hydrogen-bond acceptors (Lipinski definition) is 3. The van der Waals surface area contributed by atoms with Gasteiger partial charge < -0.3 is 15.3 Å². The van der Waals surface area contributed by atoms with Crippen molar-refractivity contribution < 1.29 is 5.11 Å². The molecule has 1 aliphatic rings. The van der Waals surface area contributed by atoms with E-state index in [1.165, 1.54) is 37.2 Å². The predicted molar refractivity (Wildman–Crippen MR) is 80.5 cm³/mol. The fourth-order valence-electron chi connectivity index (χ4n) is 2.40. The van der Waals surface area contributed by atoms with Crippen molar-refractivity contribution in [2.45, 2.75) is 45.3 Å². The zero-order valence-corrected chi connectivity index (χ0v) is 12.2. The minimum Gasteiger partial charge on any atom is -0.389 e. The summed E-state index contributed by atoms with van der Waals surface area (Å²) in [7, 11) is 0. The zero-order valence-electron chi connectivity index (χ0n) is 12.2. The van der Waals surface area contributed by atoms with Crippen molar-refractivity contribution in [2.75, 3.05) is 24.5 Å². The molecule has 1 fully saturated rings. The van der Waals surface area contributed by atoms with E-state index < -0.39 is 5.60 Å². The third-order valence-corrected chi connectivity index (χ3v) is 4.00. The summed E-state index contributed by atoms with van der Waals surface area (Å²) in [6.07, 6.45) is 3.40. The normalized spacial score (nSPS) is 18.6. The molecule has 19 heavy (non-hydrogen) atoms. The Morgan fingerprint density at radius 1 is 1.21 bits per heavy atom. The summed E-state index contributed by atoms with van der Waals surface area (Å²) in [6, 6.07) is 8.78. The van der Waals surface area contributed by atoms with Gasteiger partial charge in [0, 0.05) is 31.9 Å². The van der Waals surface area contributed by atoms with Crippen LogP contribution in [0.15, 0.2) is 24.3 Å². The van der Waals surface area contributed by atoms with Crippen molar-refractivity contribution >= 4 is 5.69 Å². The molecule has 1 saturated heterocycles. The molecule has 0 radical (unpaired) electrons. The smallest absolute Gasteiger partial charge is 0.0741 e. The highest BCUT2D eigenvalue weighted by atomic mass is 16.3. The standard InChI is InChI=1S/C16H26N2O/c1-3-16(2,19)13-17-12-14-6-8-15(9-7-14)18-10-4-5-11-18/h6-9,17,19H,3-5,10-13H2,1-2H3. The van der Waals surface area contributed by atoms with Gasteiger partial charge in [-0.25, -0.2) is 0 Å². The monoisotopic (exact) mass is 262 g/mol. The second kappa shape index (κ2) is 6.40. The number of aliphatic hydroxyl groups is 1. The van der Waals surface area contributed by atoms with Crippen LogP contribution in [-0.4, -0.2) is 30.3 Å². The Balaban J connectivity index is 1.81. The maximum atomic E-state index is 9.92. The summed E-state index contributed by atoms with van der Waals surface area (Å²) in [5, 5.41) is 13.2. The molecule has 0 saturated carbocycles. The third kappa shape index (κ3) is 4.22. The van der Waals surface area contributed by atoms with Gasteiger partial charge in [-0.05, 0) is 43.9 Å². The molecule has 1 heterocycles.